The zero-order valence-corrected chi connectivity index (χ0v) is 6.37. The highest BCUT2D eigenvalue weighted by atomic mass is 16.4. The summed E-state index contributed by atoms with van der Waals surface area (Å²) in [5.74, 6) is -1.16. The Kier molecular flexibility index (Phi) is 2.03. The molecule has 1 saturated heterocycles. The van der Waals surface area contributed by atoms with Gasteiger partial charge in [0.25, 0.3) is 0 Å². The third-order valence-electron chi connectivity index (χ3n) is 1.72. The highest BCUT2D eigenvalue weighted by Gasteiger charge is 2.24. The Labute approximate surface area is 64.7 Å². The monoisotopic (exact) mass is 157 g/mol. The van der Waals surface area contributed by atoms with Crippen molar-refractivity contribution < 1.29 is 15.0 Å². The number of rotatable bonds is 2. The van der Waals surface area contributed by atoms with Crippen LogP contribution in [0.15, 0.2) is 11.5 Å². The summed E-state index contributed by atoms with van der Waals surface area (Å²) in [6.45, 7) is 2.86. The van der Waals surface area contributed by atoms with Gasteiger partial charge in [0.2, 0.25) is 0 Å². The molecule has 0 aromatic heterocycles. The lowest BCUT2D eigenvalue weighted by atomic mass is 10.2. The highest BCUT2D eigenvalue weighted by molar-refractivity contribution is 5.86. The standard InChI is InChI=1S/C7H11NO3/c1-5(9)6(7(10)11)8-3-2-4-8/h9H,2-4H2,1H3,(H,10,11)/b6-5+. The van der Waals surface area contributed by atoms with Gasteiger partial charge >= 0.3 is 5.97 Å². The minimum absolute atomic E-state index is 0.0382. The number of carbonyl (C=O) groups is 1. The van der Waals surface area contributed by atoms with Gasteiger partial charge in [-0.25, -0.2) is 4.79 Å². The van der Waals surface area contributed by atoms with E-state index in [0.717, 1.165) is 19.5 Å². The van der Waals surface area contributed by atoms with Crippen molar-refractivity contribution in [1.82, 2.24) is 4.90 Å². The van der Waals surface area contributed by atoms with E-state index in [1.54, 1.807) is 4.90 Å². The Morgan fingerprint density at radius 1 is 1.36 bits per heavy atom. The molecule has 1 aliphatic rings. The molecule has 4 nitrogen and oxygen atoms in total. The summed E-state index contributed by atoms with van der Waals surface area (Å²) in [5.41, 5.74) is 0.0382. The summed E-state index contributed by atoms with van der Waals surface area (Å²) in [5, 5.41) is 17.6. The molecule has 0 bridgehead atoms. The predicted octanol–water partition coefficient (Wildman–Crippen LogP) is 0.566. The van der Waals surface area contributed by atoms with E-state index in [9.17, 15) is 4.79 Å². The molecule has 2 N–H and O–H groups in total. The van der Waals surface area contributed by atoms with Crippen molar-refractivity contribution in [3.8, 4) is 0 Å². The first-order valence-corrected chi connectivity index (χ1v) is 3.51. The van der Waals surface area contributed by atoms with E-state index < -0.39 is 5.97 Å². The average molecular weight is 157 g/mol. The normalized spacial score (nSPS) is 18.8. The summed E-state index contributed by atoms with van der Waals surface area (Å²) < 4.78 is 0. The quantitative estimate of drug-likeness (QED) is 0.454. The second-order valence-electron chi connectivity index (χ2n) is 2.58. The summed E-state index contributed by atoms with van der Waals surface area (Å²) in [7, 11) is 0. The van der Waals surface area contributed by atoms with Crippen LogP contribution in [0.5, 0.6) is 0 Å². The first kappa shape index (κ1) is 7.91. The SMILES string of the molecule is C/C(O)=C(/C(=O)O)N1CCC1. The minimum Gasteiger partial charge on any atom is -0.510 e. The number of hydrogen-bond acceptors (Lipinski definition) is 3. The molecule has 0 aromatic carbocycles. The average Bonchev–Trinajstić information content (AvgIpc) is 1.75. The van der Waals surface area contributed by atoms with Crippen molar-refractivity contribution in [3.05, 3.63) is 11.5 Å². The van der Waals surface area contributed by atoms with Crippen molar-refractivity contribution in [1.29, 1.82) is 0 Å². The van der Waals surface area contributed by atoms with Gasteiger partial charge in [0.1, 0.15) is 5.76 Å². The molecule has 0 radical (unpaired) electrons. The second kappa shape index (κ2) is 2.82. The van der Waals surface area contributed by atoms with Gasteiger partial charge in [0.05, 0.1) is 0 Å². The summed E-state index contributed by atoms with van der Waals surface area (Å²) in [6, 6.07) is 0. The lowest BCUT2D eigenvalue weighted by molar-refractivity contribution is -0.135. The van der Waals surface area contributed by atoms with E-state index in [4.69, 9.17) is 10.2 Å². The number of aliphatic hydroxyl groups is 1. The van der Waals surface area contributed by atoms with E-state index in [0.29, 0.717) is 0 Å². The molecule has 0 atom stereocenters. The van der Waals surface area contributed by atoms with Crippen LogP contribution in [-0.4, -0.2) is 34.2 Å². The van der Waals surface area contributed by atoms with Gasteiger partial charge in [0, 0.05) is 13.1 Å². The van der Waals surface area contributed by atoms with E-state index in [2.05, 4.69) is 0 Å². The summed E-state index contributed by atoms with van der Waals surface area (Å²) in [6.07, 6.45) is 1.00. The van der Waals surface area contributed by atoms with Crippen LogP contribution in [0.4, 0.5) is 0 Å². The Hall–Kier alpha value is -1.19. The van der Waals surface area contributed by atoms with Gasteiger partial charge in [-0.1, -0.05) is 0 Å². The van der Waals surface area contributed by atoms with Crippen LogP contribution >= 0.6 is 0 Å². The van der Waals surface area contributed by atoms with Crippen LogP contribution in [-0.2, 0) is 4.79 Å². The van der Waals surface area contributed by atoms with Crippen LogP contribution < -0.4 is 0 Å². The van der Waals surface area contributed by atoms with Crippen molar-refractivity contribution in [3.63, 3.8) is 0 Å². The number of allylic oxidation sites excluding steroid dienone is 1. The van der Waals surface area contributed by atoms with E-state index in [1.807, 2.05) is 0 Å². The fraction of sp³-hybridized carbons (Fsp3) is 0.571. The largest absolute Gasteiger partial charge is 0.510 e. The first-order chi connectivity index (χ1) is 5.13. The molecule has 0 amide bonds. The van der Waals surface area contributed by atoms with E-state index in [-0.39, 0.29) is 11.5 Å². The topological polar surface area (TPSA) is 60.8 Å². The van der Waals surface area contributed by atoms with Gasteiger partial charge in [-0.05, 0) is 13.3 Å². The minimum atomic E-state index is -1.05. The maximum atomic E-state index is 10.5. The fourth-order valence-corrected chi connectivity index (χ4v) is 1.06. The zero-order chi connectivity index (χ0) is 8.43. The number of aliphatic hydroxyl groups excluding tert-OH is 1. The second-order valence-corrected chi connectivity index (χ2v) is 2.58. The van der Waals surface area contributed by atoms with Crippen molar-refractivity contribution >= 4 is 5.97 Å². The third kappa shape index (κ3) is 1.45. The van der Waals surface area contributed by atoms with Gasteiger partial charge in [-0.2, -0.15) is 0 Å². The molecular weight excluding hydrogens is 146 g/mol. The first-order valence-electron chi connectivity index (χ1n) is 3.51. The summed E-state index contributed by atoms with van der Waals surface area (Å²) >= 11 is 0. The third-order valence-corrected chi connectivity index (χ3v) is 1.72. The Bertz CT molecular complexity index is 202. The molecule has 62 valence electrons. The van der Waals surface area contributed by atoms with Gasteiger partial charge < -0.3 is 15.1 Å². The smallest absolute Gasteiger partial charge is 0.355 e. The van der Waals surface area contributed by atoms with E-state index >= 15 is 0 Å². The predicted molar refractivity (Wildman–Crippen MR) is 39.2 cm³/mol. The molecular formula is C7H11NO3. The molecule has 1 heterocycles. The van der Waals surface area contributed by atoms with Crippen molar-refractivity contribution in [2.24, 2.45) is 0 Å². The number of carboxylic acids is 1. The van der Waals surface area contributed by atoms with Crippen molar-refractivity contribution in [2.75, 3.05) is 13.1 Å². The van der Waals surface area contributed by atoms with Crippen LogP contribution in [0.25, 0.3) is 0 Å². The summed E-state index contributed by atoms with van der Waals surface area (Å²) in [4.78, 5) is 12.2. The van der Waals surface area contributed by atoms with Crippen LogP contribution in [0, 0.1) is 0 Å². The molecule has 0 unspecified atom stereocenters. The highest BCUT2D eigenvalue weighted by Crippen LogP contribution is 2.16. The molecule has 0 aliphatic carbocycles. The lowest BCUT2D eigenvalue weighted by Gasteiger charge is -2.33. The number of likely N-dealkylation sites (tertiary alicyclic amines) is 1. The molecule has 1 fully saturated rings. The number of carboxylic acid groups (broad SMARTS) is 1. The van der Waals surface area contributed by atoms with Gasteiger partial charge in [-0.15, -0.1) is 0 Å². The molecule has 11 heavy (non-hydrogen) atoms. The van der Waals surface area contributed by atoms with Crippen LogP contribution in [0.3, 0.4) is 0 Å². The van der Waals surface area contributed by atoms with Gasteiger partial charge in [-0.3, -0.25) is 0 Å². The molecule has 0 spiro atoms. The molecule has 1 rings (SSSR count). The van der Waals surface area contributed by atoms with Crippen molar-refractivity contribution in [2.45, 2.75) is 13.3 Å². The van der Waals surface area contributed by atoms with E-state index in [1.165, 1.54) is 6.92 Å². The molecule has 0 saturated carbocycles. The number of aliphatic carboxylic acids is 1. The molecule has 1 aliphatic heterocycles. The van der Waals surface area contributed by atoms with Crippen LogP contribution in [0.1, 0.15) is 13.3 Å². The zero-order valence-electron chi connectivity index (χ0n) is 6.37. The lowest BCUT2D eigenvalue weighted by Crippen LogP contribution is -2.39. The Morgan fingerprint density at radius 2 is 1.91 bits per heavy atom. The maximum Gasteiger partial charge on any atom is 0.355 e. The molecule has 4 heteroatoms. The number of hydrogen-bond donors (Lipinski definition) is 2. The number of nitrogens with zero attached hydrogens (tertiary/aromatic N) is 1. The fourth-order valence-electron chi connectivity index (χ4n) is 1.06. The van der Waals surface area contributed by atoms with Crippen LogP contribution in [0.2, 0.25) is 0 Å². The van der Waals surface area contributed by atoms with Gasteiger partial charge in [0.15, 0.2) is 5.70 Å². The maximum absolute atomic E-state index is 10.5. The Balaban J connectivity index is 2.75. The Morgan fingerprint density at radius 3 is 2.00 bits per heavy atom. The molecule has 0 aromatic rings.